The van der Waals surface area contributed by atoms with Gasteiger partial charge in [0.15, 0.2) is 9.84 Å². The SMILES string of the molecule is CC(C)CNC(=O)[C@H](C)NC[C@H](Cc1ccccc1)NC(=O)c1cc(/C=C\[C@@H]2C[C@H]2C)cc(C(C)S(C)(=O)=O)c1. The summed E-state index contributed by atoms with van der Waals surface area (Å²) in [5.41, 5.74) is 2.88. The van der Waals surface area contributed by atoms with Gasteiger partial charge in [0.25, 0.3) is 5.91 Å². The van der Waals surface area contributed by atoms with Gasteiger partial charge >= 0.3 is 0 Å². The number of benzene rings is 2. The Morgan fingerprint density at radius 1 is 1.02 bits per heavy atom. The molecule has 0 aromatic heterocycles. The molecule has 3 N–H and O–H groups in total. The van der Waals surface area contributed by atoms with E-state index in [1.807, 2.05) is 69.3 Å². The van der Waals surface area contributed by atoms with E-state index < -0.39 is 21.1 Å². The highest BCUT2D eigenvalue weighted by atomic mass is 32.2. The Kier molecular flexibility index (Phi) is 11.1. The van der Waals surface area contributed by atoms with Crippen LogP contribution in [0.5, 0.6) is 0 Å². The van der Waals surface area contributed by atoms with E-state index in [9.17, 15) is 18.0 Å². The predicted molar refractivity (Wildman–Crippen MR) is 163 cm³/mol. The van der Waals surface area contributed by atoms with Crippen molar-refractivity contribution in [2.24, 2.45) is 17.8 Å². The summed E-state index contributed by atoms with van der Waals surface area (Å²) in [5.74, 6) is 1.17. The molecular weight excluding hydrogens is 522 g/mol. The average molecular weight is 568 g/mol. The lowest BCUT2D eigenvalue weighted by Gasteiger charge is -2.23. The second-order valence-electron chi connectivity index (χ2n) is 11.7. The molecular formula is C32H45N3O4S. The molecule has 7 nitrogen and oxygen atoms in total. The van der Waals surface area contributed by atoms with Gasteiger partial charge < -0.3 is 16.0 Å². The number of carbonyl (C=O) groups excluding carboxylic acids is 2. The van der Waals surface area contributed by atoms with Crippen molar-refractivity contribution >= 4 is 27.7 Å². The number of nitrogens with one attached hydrogen (secondary N) is 3. The lowest BCUT2D eigenvalue weighted by Crippen LogP contribution is -2.50. The Labute approximate surface area is 240 Å². The van der Waals surface area contributed by atoms with Gasteiger partial charge in [-0.05, 0) is 73.3 Å². The number of sulfone groups is 1. The molecule has 1 fully saturated rings. The fraction of sp³-hybridized carbons (Fsp3) is 0.500. The Morgan fingerprint density at radius 3 is 2.30 bits per heavy atom. The van der Waals surface area contributed by atoms with Crippen molar-refractivity contribution in [2.45, 2.75) is 64.8 Å². The molecule has 8 heteroatoms. The van der Waals surface area contributed by atoms with E-state index in [0.717, 1.165) is 17.5 Å². The van der Waals surface area contributed by atoms with Crippen LogP contribution in [-0.2, 0) is 21.1 Å². The van der Waals surface area contributed by atoms with Crippen LogP contribution in [0, 0.1) is 17.8 Å². The first-order valence-electron chi connectivity index (χ1n) is 14.2. The van der Waals surface area contributed by atoms with Crippen LogP contribution in [-0.4, -0.2) is 51.7 Å². The molecule has 218 valence electrons. The minimum atomic E-state index is -3.35. The normalized spacial score (nSPS) is 19.3. The zero-order chi connectivity index (χ0) is 29.4. The van der Waals surface area contributed by atoms with Crippen LogP contribution in [0.3, 0.4) is 0 Å². The van der Waals surface area contributed by atoms with Crippen molar-refractivity contribution in [1.29, 1.82) is 0 Å². The van der Waals surface area contributed by atoms with Crippen LogP contribution in [0.25, 0.3) is 6.08 Å². The number of rotatable bonds is 14. The van der Waals surface area contributed by atoms with Gasteiger partial charge in [0, 0.05) is 31.0 Å². The van der Waals surface area contributed by atoms with Gasteiger partial charge in [-0.15, -0.1) is 0 Å². The lowest BCUT2D eigenvalue weighted by atomic mass is 10.0. The molecule has 0 heterocycles. The number of carbonyl (C=O) groups is 2. The quantitative estimate of drug-likeness (QED) is 0.311. The Hall–Kier alpha value is -2.97. The van der Waals surface area contributed by atoms with Crippen LogP contribution < -0.4 is 16.0 Å². The standard InChI is InChI=1S/C32H45N3O4S/c1-21(2)19-34-31(36)23(4)33-20-30(17-25-10-8-7-9-11-25)35-32(37)29-16-26(12-13-27-14-22(27)3)15-28(18-29)24(5)40(6,38)39/h7-13,15-16,18,21-24,27,30,33H,14,17,19-20H2,1-6H3,(H,34,36)(H,35,37)/b13-12-/t22-,23+,24?,27-,30+/m1/s1. The molecule has 0 spiro atoms. The summed E-state index contributed by atoms with van der Waals surface area (Å²) in [6, 6.07) is 14.5. The van der Waals surface area contributed by atoms with E-state index in [-0.39, 0.29) is 17.9 Å². The number of hydrogen-bond donors (Lipinski definition) is 3. The van der Waals surface area contributed by atoms with Crippen molar-refractivity contribution in [3.63, 3.8) is 0 Å². The molecule has 2 amide bonds. The maximum absolute atomic E-state index is 13.6. The molecule has 5 atom stereocenters. The smallest absolute Gasteiger partial charge is 0.251 e. The third-order valence-electron chi connectivity index (χ3n) is 7.47. The van der Waals surface area contributed by atoms with Gasteiger partial charge in [0.2, 0.25) is 5.91 Å². The predicted octanol–water partition coefficient (Wildman–Crippen LogP) is 4.55. The van der Waals surface area contributed by atoms with Gasteiger partial charge in [-0.2, -0.15) is 0 Å². The largest absolute Gasteiger partial charge is 0.354 e. The molecule has 1 aliphatic rings. The molecule has 0 saturated heterocycles. The molecule has 2 aromatic rings. The minimum Gasteiger partial charge on any atom is -0.354 e. The summed E-state index contributed by atoms with van der Waals surface area (Å²) in [6.45, 7) is 10.7. The van der Waals surface area contributed by atoms with Gasteiger partial charge in [0.05, 0.1) is 11.3 Å². The van der Waals surface area contributed by atoms with Gasteiger partial charge in [-0.1, -0.05) is 69.3 Å². The van der Waals surface area contributed by atoms with Crippen LogP contribution in [0.4, 0.5) is 0 Å². The number of amides is 2. The first kappa shape index (κ1) is 31.6. The molecule has 1 unspecified atom stereocenters. The highest BCUT2D eigenvalue weighted by Gasteiger charge is 2.29. The van der Waals surface area contributed by atoms with E-state index >= 15 is 0 Å². The van der Waals surface area contributed by atoms with Crippen molar-refractivity contribution in [3.05, 3.63) is 76.9 Å². The summed E-state index contributed by atoms with van der Waals surface area (Å²) >= 11 is 0. The monoisotopic (exact) mass is 567 g/mol. The molecule has 1 saturated carbocycles. The van der Waals surface area contributed by atoms with Crippen molar-refractivity contribution < 1.29 is 18.0 Å². The van der Waals surface area contributed by atoms with Crippen molar-refractivity contribution in [1.82, 2.24) is 16.0 Å². The molecule has 2 aromatic carbocycles. The van der Waals surface area contributed by atoms with E-state index in [4.69, 9.17) is 0 Å². The second kappa shape index (κ2) is 14.1. The summed E-state index contributed by atoms with van der Waals surface area (Å²) in [5, 5.41) is 8.61. The molecule has 0 bridgehead atoms. The fourth-order valence-electron chi connectivity index (χ4n) is 4.45. The second-order valence-corrected chi connectivity index (χ2v) is 14.1. The molecule has 40 heavy (non-hydrogen) atoms. The number of allylic oxidation sites excluding steroid dienone is 1. The third-order valence-corrected chi connectivity index (χ3v) is 9.02. The van der Waals surface area contributed by atoms with Crippen LogP contribution in [0.1, 0.15) is 73.3 Å². The Bertz CT molecular complexity index is 1290. The summed E-state index contributed by atoms with van der Waals surface area (Å²) in [7, 11) is -3.35. The summed E-state index contributed by atoms with van der Waals surface area (Å²) < 4.78 is 24.7. The van der Waals surface area contributed by atoms with Gasteiger partial charge in [-0.25, -0.2) is 8.42 Å². The molecule has 1 aliphatic carbocycles. The lowest BCUT2D eigenvalue weighted by molar-refractivity contribution is -0.122. The van der Waals surface area contributed by atoms with Crippen LogP contribution >= 0.6 is 0 Å². The van der Waals surface area contributed by atoms with Gasteiger partial charge in [0.1, 0.15) is 0 Å². The third kappa shape index (κ3) is 9.89. The maximum atomic E-state index is 13.6. The summed E-state index contributed by atoms with van der Waals surface area (Å²) in [6.07, 6.45) is 7.07. The zero-order valence-corrected chi connectivity index (χ0v) is 25.4. The summed E-state index contributed by atoms with van der Waals surface area (Å²) in [4.78, 5) is 26.1. The van der Waals surface area contributed by atoms with E-state index in [2.05, 4.69) is 29.0 Å². The minimum absolute atomic E-state index is 0.0811. The molecule has 3 rings (SSSR count). The van der Waals surface area contributed by atoms with E-state index in [1.54, 1.807) is 13.0 Å². The zero-order valence-electron chi connectivity index (χ0n) is 24.6. The van der Waals surface area contributed by atoms with Crippen LogP contribution in [0.15, 0.2) is 54.6 Å². The topological polar surface area (TPSA) is 104 Å². The van der Waals surface area contributed by atoms with Crippen LogP contribution in [0.2, 0.25) is 0 Å². The number of hydrogen-bond acceptors (Lipinski definition) is 5. The first-order chi connectivity index (χ1) is 18.8. The van der Waals surface area contributed by atoms with Gasteiger partial charge in [-0.3, -0.25) is 9.59 Å². The molecule has 0 aliphatic heterocycles. The first-order valence-corrected chi connectivity index (χ1v) is 16.2. The Balaban J connectivity index is 1.81. The average Bonchev–Trinajstić information content (AvgIpc) is 3.62. The maximum Gasteiger partial charge on any atom is 0.251 e. The van der Waals surface area contributed by atoms with E-state index in [0.29, 0.717) is 48.4 Å². The molecule has 0 radical (unpaired) electrons. The van der Waals surface area contributed by atoms with E-state index in [1.165, 1.54) is 6.26 Å². The Morgan fingerprint density at radius 2 is 1.70 bits per heavy atom. The van der Waals surface area contributed by atoms with Crippen molar-refractivity contribution in [2.75, 3.05) is 19.3 Å². The highest BCUT2D eigenvalue weighted by Crippen LogP contribution is 2.39. The highest BCUT2D eigenvalue weighted by molar-refractivity contribution is 7.90. The van der Waals surface area contributed by atoms with Crippen molar-refractivity contribution in [3.8, 4) is 0 Å². The fourth-order valence-corrected chi connectivity index (χ4v) is 5.08.